The van der Waals surface area contributed by atoms with Gasteiger partial charge in [-0.1, -0.05) is 36.4 Å². The quantitative estimate of drug-likeness (QED) is 0.681. The van der Waals surface area contributed by atoms with Crippen LogP contribution in [-0.4, -0.2) is 21.2 Å². The largest absolute Gasteiger partial charge is 0.392 e. The Morgan fingerprint density at radius 3 is 2.75 bits per heavy atom. The van der Waals surface area contributed by atoms with Crippen molar-refractivity contribution in [2.24, 2.45) is 0 Å². The van der Waals surface area contributed by atoms with Gasteiger partial charge in [-0.2, -0.15) is 5.10 Å². The Morgan fingerprint density at radius 2 is 1.90 bits per heavy atom. The molecule has 0 saturated carbocycles. The van der Waals surface area contributed by atoms with Gasteiger partial charge in [-0.15, -0.1) is 0 Å². The number of fused-ring (bicyclic) bond motifs is 1. The molecule has 3 N–H and O–H groups in total. The molecule has 0 bridgehead atoms. The number of aliphatic hydroxyl groups is 1. The molecule has 2 aromatic carbocycles. The molecule has 0 unspecified atom stereocenters. The van der Waals surface area contributed by atoms with Crippen LogP contribution in [0.4, 0.5) is 5.69 Å². The average Bonchev–Trinajstić information content (AvgIpc) is 2.92. The van der Waals surface area contributed by atoms with Gasteiger partial charge in [-0.3, -0.25) is 9.89 Å². The molecule has 5 nitrogen and oxygen atoms in total. The molecule has 0 fully saturated rings. The number of amides is 1. The first kappa shape index (κ1) is 12.4. The first-order valence-electron chi connectivity index (χ1n) is 6.23. The van der Waals surface area contributed by atoms with Gasteiger partial charge in [0, 0.05) is 16.6 Å². The number of carbonyl (C=O) groups is 1. The number of aliphatic hydroxyl groups excluding tert-OH is 1. The molecule has 1 amide bonds. The van der Waals surface area contributed by atoms with Crippen LogP contribution in [0.3, 0.4) is 0 Å². The van der Waals surface area contributed by atoms with Crippen molar-refractivity contribution in [2.45, 2.75) is 6.61 Å². The molecule has 1 aromatic heterocycles. The number of hydrogen-bond donors (Lipinski definition) is 3. The monoisotopic (exact) mass is 267 g/mol. The Hall–Kier alpha value is -2.66. The Kier molecular flexibility index (Phi) is 3.18. The number of rotatable bonds is 3. The van der Waals surface area contributed by atoms with Crippen LogP contribution in [0.5, 0.6) is 0 Å². The third kappa shape index (κ3) is 2.15. The van der Waals surface area contributed by atoms with E-state index in [1.54, 1.807) is 18.2 Å². The van der Waals surface area contributed by atoms with Crippen molar-refractivity contribution in [1.29, 1.82) is 0 Å². The Bertz CT molecular complexity index is 764. The van der Waals surface area contributed by atoms with Gasteiger partial charge in [-0.05, 0) is 12.1 Å². The standard InChI is InChI=1S/C15H13N3O2/c19-9-10-5-1-3-7-12(10)16-15(20)14-11-6-2-4-8-13(11)17-18-14/h1-8,19H,9H2,(H,16,20)(H,17,18). The van der Waals surface area contributed by atoms with Gasteiger partial charge < -0.3 is 10.4 Å². The van der Waals surface area contributed by atoms with E-state index in [0.717, 1.165) is 10.9 Å². The molecule has 0 radical (unpaired) electrons. The summed E-state index contributed by atoms with van der Waals surface area (Å²) in [4.78, 5) is 12.3. The highest BCUT2D eigenvalue weighted by Crippen LogP contribution is 2.19. The molecule has 0 atom stereocenters. The fraction of sp³-hybridized carbons (Fsp3) is 0.0667. The molecule has 20 heavy (non-hydrogen) atoms. The maximum absolute atomic E-state index is 12.3. The molecule has 3 rings (SSSR count). The molecular weight excluding hydrogens is 254 g/mol. The highest BCUT2D eigenvalue weighted by atomic mass is 16.3. The minimum Gasteiger partial charge on any atom is -0.392 e. The van der Waals surface area contributed by atoms with Gasteiger partial charge in [0.1, 0.15) is 0 Å². The predicted octanol–water partition coefficient (Wildman–Crippen LogP) is 2.31. The Morgan fingerprint density at radius 1 is 1.15 bits per heavy atom. The second-order valence-electron chi connectivity index (χ2n) is 4.39. The Labute approximate surface area is 115 Å². The van der Waals surface area contributed by atoms with Crippen molar-refractivity contribution in [3.63, 3.8) is 0 Å². The number of anilines is 1. The van der Waals surface area contributed by atoms with Crippen molar-refractivity contribution in [3.8, 4) is 0 Å². The number of nitrogens with zero attached hydrogens (tertiary/aromatic N) is 1. The Balaban J connectivity index is 1.93. The van der Waals surface area contributed by atoms with Gasteiger partial charge in [0.15, 0.2) is 5.69 Å². The first-order valence-corrected chi connectivity index (χ1v) is 6.23. The number of benzene rings is 2. The first-order chi connectivity index (χ1) is 9.79. The summed E-state index contributed by atoms with van der Waals surface area (Å²) in [6.45, 7) is -0.127. The zero-order valence-corrected chi connectivity index (χ0v) is 10.6. The van der Waals surface area contributed by atoms with Crippen LogP contribution < -0.4 is 5.32 Å². The van der Waals surface area contributed by atoms with Crippen LogP contribution in [0.1, 0.15) is 16.1 Å². The van der Waals surface area contributed by atoms with Crippen LogP contribution in [0.2, 0.25) is 0 Å². The predicted molar refractivity (Wildman–Crippen MR) is 76.4 cm³/mol. The zero-order chi connectivity index (χ0) is 13.9. The van der Waals surface area contributed by atoms with Crippen LogP contribution in [0.15, 0.2) is 48.5 Å². The number of nitrogens with one attached hydrogen (secondary N) is 2. The van der Waals surface area contributed by atoms with Crippen molar-refractivity contribution in [2.75, 3.05) is 5.32 Å². The molecule has 0 aliphatic rings. The lowest BCUT2D eigenvalue weighted by atomic mass is 10.1. The highest BCUT2D eigenvalue weighted by Gasteiger charge is 2.14. The molecule has 0 spiro atoms. The number of aromatic nitrogens is 2. The highest BCUT2D eigenvalue weighted by molar-refractivity contribution is 6.11. The lowest BCUT2D eigenvalue weighted by Crippen LogP contribution is -2.14. The van der Waals surface area contributed by atoms with Crippen LogP contribution >= 0.6 is 0 Å². The van der Waals surface area contributed by atoms with Crippen LogP contribution in [0, 0.1) is 0 Å². The second kappa shape index (κ2) is 5.14. The van der Waals surface area contributed by atoms with Crippen molar-refractivity contribution < 1.29 is 9.90 Å². The van der Waals surface area contributed by atoms with Gasteiger partial charge in [0.25, 0.3) is 5.91 Å². The van der Waals surface area contributed by atoms with E-state index in [1.165, 1.54) is 0 Å². The number of aromatic amines is 1. The van der Waals surface area contributed by atoms with Crippen molar-refractivity contribution >= 4 is 22.5 Å². The molecule has 0 aliphatic heterocycles. The average molecular weight is 267 g/mol. The third-order valence-corrected chi connectivity index (χ3v) is 3.12. The van der Waals surface area contributed by atoms with E-state index >= 15 is 0 Å². The number of hydrogen-bond acceptors (Lipinski definition) is 3. The SMILES string of the molecule is O=C(Nc1ccccc1CO)c1n[nH]c2ccccc12. The van der Waals surface area contributed by atoms with E-state index in [0.29, 0.717) is 16.9 Å². The molecular formula is C15H13N3O2. The lowest BCUT2D eigenvalue weighted by molar-refractivity contribution is 0.102. The van der Waals surface area contributed by atoms with Crippen molar-refractivity contribution in [1.82, 2.24) is 10.2 Å². The smallest absolute Gasteiger partial charge is 0.276 e. The molecule has 0 aliphatic carbocycles. The summed E-state index contributed by atoms with van der Waals surface area (Å²) in [6, 6.07) is 14.6. The second-order valence-corrected chi connectivity index (χ2v) is 4.39. The summed E-state index contributed by atoms with van der Waals surface area (Å²) in [5, 5.41) is 19.7. The van der Waals surface area contributed by atoms with Gasteiger partial charge >= 0.3 is 0 Å². The number of para-hydroxylation sites is 2. The van der Waals surface area contributed by atoms with Gasteiger partial charge in [0.2, 0.25) is 0 Å². The minimum atomic E-state index is -0.302. The van der Waals surface area contributed by atoms with E-state index < -0.39 is 0 Å². The molecule has 100 valence electrons. The summed E-state index contributed by atoms with van der Waals surface area (Å²) in [5.41, 5.74) is 2.41. The third-order valence-electron chi connectivity index (χ3n) is 3.12. The lowest BCUT2D eigenvalue weighted by Gasteiger charge is -2.07. The van der Waals surface area contributed by atoms with E-state index in [4.69, 9.17) is 0 Å². The topological polar surface area (TPSA) is 78.0 Å². The van der Waals surface area contributed by atoms with Gasteiger partial charge in [0.05, 0.1) is 12.1 Å². The zero-order valence-electron chi connectivity index (χ0n) is 10.6. The van der Waals surface area contributed by atoms with Gasteiger partial charge in [-0.25, -0.2) is 0 Å². The van der Waals surface area contributed by atoms with Crippen LogP contribution in [-0.2, 0) is 6.61 Å². The molecule has 5 heteroatoms. The summed E-state index contributed by atoms with van der Waals surface area (Å²) in [6.07, 6.45) is 0. The maximum Gasteiger partial charge on any atom is 0.276 e. The summed E-state index contributed by atoms with van der Waals surface area (Å²) in [7, 11) is 0. The van der Waals surface area contributed by atoms with E-state index in [9.17, 15) is 9.90 Å². The normalized spacial score (nSPS) is 10.7. The molecule has 1 heterocycles. The number of carbonyl (C=O) groups excluding carboxylic acids is 1. The number of H-pyrrole nitrogens is 1. The fourth-order valence-corrected chi connectivity index (χ4v) is 2.10. The molecule has 0 saturated heterocycles. The maximum atomic E-state index is 12.3. The van der Waals surface area contributed by atoms with E-state index in [1.807, 2.05) is 30.3 Å². The van der Waals surface area contributed by atoms with E-state index in [-0.39, 0.29) is 12.5 Å². The summed E-state index contributed by atoms with van der Waals surface area (Å²) in [5.74, 6) is -0.302. The summed E-state index contributed by atoms with van der Waals surface area (Å²) >= 11 is 0. The minimum absolute atomic E-state index is 0.127. The van der Waals surface area contributed by atoms with Crippen LogP contribution in [0.25, 0.3) is 10.9 Å². The summed E-state index contributed by atoms with van der Waals surface area (Å²) < 4.78 is 0. The van der Waals surface area contributed by atoms with Crippen molar-refractivity contribution in [3.05, 3.63) is 59.8 Å². The molecule has 3 aromatic rings. The van der Waals surface area contributed by atoms with E-state index in [2.05, 4.69) is 15.5 Å². The fourth-order valence-electron chi connectivity index (χ4n) is 2.10.